The molecule has 0 saturated heterocycles. The van der Waals surface area contributed by atoms with Crippen molar-refractivity contribution >= 4 is 40.3 Å². The molecule has 0 bridgehead atoms. The molecule has 284 valence electrons. The minimum Gasteiger partial charge on any atom is -0.506 e. The topological polar surface area (TPSA) is 102 Å². The SMILES string of the molecule is CCC(C)(C)C(=O)Nc1cc(N(CCC2CCCC2)CC(C)C)ccc1C1=C(O)/C(=C2/C(=O)N(C(C3CCCCC3)C3CCCCC3)N=C2C)C1=O. The quantitative estimate of drug-likeness (QED) is 0.198. The highest BCUT2D eigenvalue weighted by Crippen LogP contribution is 2.46. The van der Waals surface area contributed by atoms with Crippen LogP contribution in [0.4, 0.5) is 11.4 Å². The highest BCUT2D eigenvalue weighted by Gasteiger charge is 2.47. The lowest BCUT2D eigenvalue weighted by molar-refractivity contribution is -0.131. The van der Waals surface area contributed by atoms with Crippen molar-refractivity contribution in [3.63, 3.8) is 0 Å². The normalized spacial score (nSPS) is 22.5. The standard InChI is InChI=1S/C44H64N4O4/c1-7-44(5,6)43(52)45-35-26-33(47(27-28(2)3)25-24-30-16-14-15-17-30)22-23-34(35)37-40(49)38(41(37)50)36-29(4)46-48(42(36)51)39(31-18-10-8-11-19-31)32-20-12-9-13-21-32/h22-23,26,28,30-32,39,49H,7-21,24-25,27H2,1-6H3,(H,45,52)/b38-36-. The van der Waals surface area contributed by atoms with Crippen LogP contribution in [0, 0.1) is 29.1 Å². The molecule has 0 atom stereocenters. The molecule has 1 aromatic carbocycles. The molecule has 5 aliphatic rings. The first-order valence-electron chi connectivity index (χ1n) is 20.7. The maximum Gasteiger partial charge on any atom is 0.277 e. The molecule has 1 aliphatic heterocycles. The minimum atomic E-state index is -0.624. The van der Waals surface area contributed by atoms with Crippen LogP contribution >= 0.6 is 0 Å². The van der Waals surface area contributed by atoms with Gasteiger partial charge in [-0.25, -0.2) is 5.01 Å². The predicted molar refractivity (Wildman–Crippen MR) is 211 cm³/mol. The molecular weight excluding hydrogens is 649 g/mol. The van der Waals surface area contributed by atoms with Crippen molar-refractivity contribution in [3.05, 3.63) is 40.7 Å². The van der Waals surface area contributed by atoms with Crippen molar-refractivity contribution in [2.75, 3.05) is 23.3 Å². The average Bonchev–Trinajstić information content (AvgIpc) is 3.76. The first-order chi connectivity index (χ1) is 24.9. The molecule has 1 aromatic rings. The maximum absolute atomic E-state index is 14.3. The number of rotatable bonds is 13. The molecule has 2 amide bonds. The van der Waals surface area contributed by atoms with E-state index in [0.717, 1.165) is 56.8 Å². The number of allylic oxidation sites excluding steroid dienone is 2. The van der Waals surface area contributed by atoms with E-state index >= 15 is 0 Å². The number of carbonyl (C=O) groups excluding carboxylic acids is 3. The maximum atomic E-state index is 14.3. The minimum absolute atomic E-state index is 0.0284. The van der Waals surface area contributed by atoms with Gasteiger partial charge in [0.1, 0.15) is 5.76 Å². The van der Waals surface area contributed by atoms with E-state index in [2.05, 4.69) is 24.1 Å². The summed E-state index contributed by atoms with van der Waals surface area (Å²) in [4.78, 5) is 44.6. The Kier molecular flexibility index (Phi) is 12.0. The molecule has 6 rings (SSSR count). The van der Waals surface area contributed by atoms with Gasteiger partial charge in [-0.2, -0.15) is 5.10 Å². The summed E-state index contributed by atoms with van der Waals surface area (Å²) in [6.45, 7) is 13.9. The summed E-state index contributed by atoms with van der Waals surface area (Å²) in [5.74, 6) is 1.06. The van der Waals surface area contributed by atoms with E-state index in [1.807, 2.05) is 39.0 Å². The van der Waals surface area contributed by atoms with Gasteiger partial charge in [0, 0.05) is 29.8 Å². The number of nitrogens with zero attached hydrogens (tertiary/aromatic N) is 3. The third-order valence-corrected chi connectivity index (χ3v) is 13.0. The van der Waals surface area contributed by atoms with E-state index in [-0.39, 0.29) is 46.1 Å². The van der Waals surface area contributed by atoms with Gasteiger partial charge in [-0.15, -0.1) is 0 Å². The van der Waals surface area contributed by atoms with E-state index in [1.165, 1.54) is 64.2 Å². The lowest BCUT2D eigenvalue weighted by atomic mass is 9.73. The Morgan fingerprint density at radius 1 is 0.923 bits per heavy atom. The fourth-order valence-corrected chi connectivity index (χ4v) is 9.54. The average molecular weight is 713 g/mol. The van der Waals surface area contributed by atoms with Gasteiger partial charge in [0.15, 0.2) is 0 Å². The third-order valence-electron chi connectivity index (χ3n) is 13.0. The zero-order chi connectivity index (χ0) is 37.2. The number of hydrogen-bond donors (Lipinski definition) is 2. The summed E-state index contributed by atoms with van der Waals surface area (Å²) in [5, 5.41) is 21.5. The van der Waals surface area contributed by atoms with Gasteiger partial charge >= 0.3 is 0 Å². The fraction of sp³-hybridized carbons (Fsp3) is 0.682. The van der Waals surface area contributed by atoms with Gasteiger partial charge in [-0.3, -0.25) is 14.4 Å². The summed E-state index contributed by atoms with van der Waals surface area (Å²) >= 11 is 0. The Bertz CT molecular complexity index is 1580. The van der Waals surface area contributed by atoms with Crippen LogP contribution in [0.1, 0.15) is 150 Å². The van der Waals surface area contributed by atoms with E-state index in [1.54, 1.807) is 11.9 Å². The Morgan fingerprint density at radius 3 is 2.08 bits per heavy atom. The highest BCUT2D eigenvalue weighted by atomic mass is 16.3. The van der Waals surface area contributed by atoms with Crippen molar-refractivity contribution < 1.29 is 19.5 Å². The second-order valence-electron chi connectivity index (χ2n) is 17.6. The van der Waals surface area contributed by atoms with Crippen molar-refractivity contribution in [2.24, 2.45) is 34.2 Å². The molecule has 0 aromatic heterocycles. The van der Waals surface area contributed by atoms with Gasteiger partial charge in [0.2, 0.25) is 11.7 Å². The molecule has 3 fully saturated rings. The Morgan fingerprint density at radius 2 is 1.52 bits per heavy atom. The van der Waals surface area contributed by atoms with Crippen LogP contribution in [0.5, 0.6) is 0 Å². The first kappa shape index (κ1) is 38.3. The second kappa shape index (κ2) is 16.3. The summed E-state index contributed by atoms with van der Waals surface area (Å²) < 4.78 is 0. The van der Waals surface area contributed by atoms with Gasteiger partial charge in [-0.05, 0) is 87.3 Å². The number of aliphatic hydroxyl groups is 1. The first-order valence-corrected chi connectivity index (χ1v) is 20.7. The van der Waals surface area contributed by atoms with E-state index in [0.29, 0.717) is 41.1 Å². The summed E-state index contributed by atoms with van der Waals surface area (Å²) in [5.41, 5.74) is 2.29. The van der Waals surface area contributed by atoms with Crippen LogP contribution in [0.15, 0.2) is 40.2 Å². The lowest BCUT2D eigenvalue weighted by Crippen LogP contribution is -2.46. The number of anilines is 2. The van der Waals surface area contributed by atoms with Crippen molar-refractivity contribution in [1.82, 2.24) is 5.01 Å². The number of hydrogen-bond acceptors (Lipinski definition) is 6. The molecule has 52 heavy (non-hydrogen) atoms. The molecule has 8 nitrogen and oxygen atoms in total. The zero-order valence-corrected chi connectivity index (χ0v) is 32.9. The summed E-state index contributed by atoms with van der Waals surface area (Å²) in [6.07, 6.45) is 18.6. The molecule has 0 radical (unpaired) electrons. The molecule has 2 N–H and O–H groups in total. The molecule has 8 heteroatoms. The number of Topliss-reactive ketones (excluding diaryl/α,β-unsaturated/α-hetero) is 1. The number of carbonyl (C=O) groups is 3. The number of amides is 2. The zero-order valence-electron chi connectivity index (χ0n) is 32.9. The predicted octanol–water partition coefficient (Wildman–Crippen LogP) is 10.00. The van der Waals surface area contributed by atoms with Crippen LogP contribution < -0.4 is 10.2 Å². The summed E-state index contributed by atoms with van der Waals surface area (Å²) in [7, 11) is 0. The van der Waals surface area contributed by atoms with Gasteiger partial charge in [0.05, 0.1) is 34.2 Å². The third kappa shape index (κ3) is 7.91. The fourth-order valence-electron chi connectivity index (χ4n) is 9.54. The smallest absolute Gasteiger partial charge is 0.277 e. The van der Waals surface area contributed by atoms with Gasteiger partial charge in [-0.1, -0.05) is 98.8 Å². The second-order valence-corrected chi connectivity index (χ2v) is 17.6. The van der Waals surface area contributed by atoms with Crippen LogP contribution in [0.2, 0.25) is 0 Å². The lowest BCUT2D eigenvalue weighted by Gasteiger charge is -2.41. The van der Waals surface area contributed by atoms with Crippen LogP contribution in [-0.2, 0) is 14.4 Å². The van der Waals surface area contributed by atoms with E-state index in [4.69, 9.17) is 5.10 Å². The van der Waals surface area contributed by atoms with Gasteiger partial charge < -0.3 is 15.3 Å². The number of ketones is 1. The van der Waals surface area contributed by atoms with Crippen molar-refractivity contribution in [1.29, 1.82) is 0 Å². The molecule has 0 unspecified atom stereocenters. The monoisotopic (exact) mass is 712 g/mol. The molecule has 1 heterocycles. The molecule has 3 saturated carbocycles. The number of nitrogens with one attached hydrogen (secondary N) is 1. The molecule has 4 aliphatic carbocycles. The van der Waals surface area contributed by atoms with Crippen LogP contribution in [-0.4, -0.2) is 52.6 Å². The number of aliphatic hydroxyl groups excluding tert-OH is 1. The van der Waals surface area contributed by atoms with Crippen LogP contribution in [0.25, 0.3) is 5.57 Å². The Balaban J connectivity index is 1.34. The Hall–Kier alpha value is -3.42. The van der Waals surface area contributed by atoms with Crippen molar-refractivity contribution in [2.45, 2.75) is 150 Å². The molecular formula is C44H64N4O4. The summed E-state index contributed by atoms with van der Waals surface area (Å²) in [6, 6.07) is 5.88. The van der Waals surface area contributed by atoms with Crippen molar-refractivity contribution in [3.8, 4) is 0 Å². The highest BCUT2D eigenvalue weighted by molar-refractivity contribution is 6.44. The molecule has 0 spiro atoms. The Labute approximate surface area is 312 Å². The van der Waals surface area contributed by atoms with Crippen LogP contribution in [0.3, 0.4) is 0 Å². The van der Waals surface area contributed by atoms with Gasteiger partial charge in [0.25, 0.3) is 5.91 Å². The largest absolute Gasteiger partial charge is 0.506 e. The number of benzene rings is 1. The number of hydrazone groups is 1. The van der Waals surface area contributed by atoms with E-state index in [9.17, 15) is 19.5 Å². The van der Waals surface area contributed by atoms with E-state index < -0.39 is 5.41 Å².